The first-order valence-corrected chi connectivity index (χ1v) is 6.25. The molecule has 16 heavy (non-hydrogen) atoms. The lowest BCUT2D eigenvalue weighted by Crippen LogP contribution is -2.00. The summed E-state index contributed by atoms with van der Waals surface area (Å²) in [5, 5.41) is 1.54. The molecule has 2 N–H and O–H groups in total. The summed E-state index contributed by atoms with van der Waals surface area (Å²) in [6.07, 6.45) is 0.859. The zero-order chi connectivity index (χ0) is 11.9. The summed E-state index contributed by atoms with van der Waals surface area (Å²) >= 11 is 9.58. The Bertz CT molecular complexity index is 567. The van der Waals surface area contributed by atoms with Crippen LogP contribution in [0.2, 0.25) is 5.02 Å². The third-order valence-electron chi connectivity index (χ3n) is 2.74. The number of rotatable bonds is 1. The van der Waals surface area contributed by atoms with Gasteiger partial charge in [0.15, 0.2) is 0 Å². The van der Waals surface area contributed by atoms with Crippen LogP contribution in [0.3, 0.4) is 0 Å². The zero-order valence-corrected chi connectivity index (χ0v) is 11.5. The number of pyridine rings is 1. The van der Waals surface area contributed by atoms with Gasteiger partial charge in [0, 0.05) is 21.2 Å². The molecule has 0 amide bonds. The average Bonchev–Trinajstić information content (AvgIpc) is 2.24. The van der Waals surface area contributed by atoms with Crippen LogP contribution in [0.1, 0.15) is 18.2 Å². The van der Waals surface area contributed by atoms with Crippen molar-refractivity contribution in [3.05, 3.63) is 32.9 Å². The predicted molar refractivity (Wildman–Crippen MR) is 73.0 cm³/mol. The third kappa shape index (κ3) is 1.78. The fourth-order valence-electron chi connectivity index (χ4n) is 1.81. The van der Waals surface area contributed by atoms with E-state index in [0.717, 1.165) is 38.7 Å². The second-order valence-corrected chi connectivity index (χ2v) is 5.06. The molecule has 0 atom stereocenters. The van der Waals surface area contributed by atoms with Gasteiger partial charge < -0.3 is 5.73 Å². The van der Waals surface area contributed by atoms with Crippen LogP contribution in [0.5, 0.6) is 0 Å². The van der Waals surface area contributed by atoms with Crippen molar-refractivity contribution in [1.29, 1.82) is 0 Å². The molecule has 0 saturated heterocycles. The van der Waals surface area contributed by atoms with Crippen molar-refractivity contribution in [2.75, 3.05) is 5.73 Å². The number of anilines is 1. The van der Waals surface area contributed by atoms with E-state index in [4.69, 9.17) is 17.3 Å². The molecule has 2 aromatic rings. The lowest BCUT2D eigenvalue weighted by molar-refractivity contribution is 1.03. The topological polar surface area (TPSA) is 38.9 Å². The Hall–Kier alpha value is -0.800. The predicted octanol–water partition coefficient (Wildman–Crippen LogP) is 4.10. The summed E-state index contributed by atoms with van der Waals surface area (Å²) < 4.78 is 0.919. The lowest BCUT2D eigenvalue weighted by Gasteiger charge is -2.11. The monoisotopic (exact) mass is 298 g/mol. The molecule has 0 aliphatic heterocycles. The summed E-state index contributed by atoms with van der Waals surface area (Å²) in [6.45, 7) is 4.06. The Labute approximate surface area is 108 Å². The van der Waals surface area contributed by atoms with E-state index in [9.17, 15) is 0 Å². The van der Waals surface area contributed by atoms with Crippen molar-refractivity contribution in [3.8, 4) is 0 Å². The molecule has 1 aromatic carbocycles. The van der Waals surface area contributed by atoms with Gasteiger partial charge in [-0.3, -0.25) is 4.98 Å². The van der Waals surface area contributed by atoms with Gasteiger partial charge in [0.1, 0.15) is 0 Å². The number of halogens is 2. The standard InChI is InChI=1S/C12H12BrClN2/c1-3-10-6(2)11(15)8-4-7(13)5-9(14)12(8)16-10/h4-5H,3H2,1-2H3,(H2,15,16). The Morgan fingerprint density at radius 3 is 2.75 bits per heavy atom. The summed E-state index contributed by atoms with van der Waals surface area (Å²) in [5.41, 5.74) is 9.72. The molecular formula is C12H12BrClN2. The number of nitrogens with zero attached hydrogens (tertiary/aromatic N) is 1. The Morgan fingerprint density at radius 1 is 1.44 bits per heavy atom. The van der Waals surface area contributed by atoms with Crippen molar-refractivity contribution in [2.45, 2.75) is 20.3 Å². The van der Waals surface area contributed by atoms with Gasteiger partial charge >= 0.3 is 0 Å². The molecule has 0 bridgehead atoms. The number of fused-ring (bicyclic) bond motifs is 1. The van der Waals surface area contributed by atoms with E-state index in [-0.39, 0.29) is 0 Å². The van der Waals surface area contributed by atoms with Crippen LogP contribution in [-0.4, -0.2) is 4.98 Å². The third-order valence-corrected chi connectivity index (χ3v) is 3.48. The van der Waals surface area contributed by atoms with Gasteiger partial charge in [0.25, 0.3) is 0 Å². The number of nitrogen functional groups attached to an aromatic ring is 1. The molecule has 0 radical (unpaired) electrons. The number of hydrogen-bond acceptors (Lipinski definition) is 2. The maximum atomic E-state index is 6.17. The van der Waals surface area contributed by atoms with Gasteiger partial charge in [-0.1, -0.05) is 34.5 Å². The largest absolute Gasteiger partial charge is 0.398 e. The van der Waals surface area contributed by atoms with E-state index < -0.39 is 0 Å². The van der Waals surface area contributed by atoms with Crippen molar-refractivity contribution < 1.29 is 0 Å². The van der Waals surface area contributed by atoms with Crippen molar-refractivity contribution in [1.82, 2.24) is 4.98 Å². The van der Waals surface area contributed by atoms with E-state index in [0.29, 0.717) is 5.02 Å². The molecule has 1 heterocycles. The average molecular weight is 300 g/mol. The number of nitrogens with two attached hydrogens (primary N) is 1. The molecule has 1 aromatic heterocycles. The van der Waals surface area contributed by atoms with Gasteiger partial charge in [0.05, 0.1) is 10.5 Å². The van der Waals surface area contributed by atoms with Crippen LogP contribution >= 0.6 is 27.5 Å². The highest BCUT2D eigenvalue weighted by Crippen LogP contribution is 2.33. The maximum absolute atomic E-state index is 6.17. The minimum atomic E-state index is 0.630. The van der Waals surface area contributed by atoms with Crippen LogP contribution in [-0.2, 0) is 6.42 Å². The van der Waals surface area contributed by atoms with Crippen LogP contribution < -0.4 is 5.73 Å². The van der Waals surface area contributed by atoms with Gasteiger partial charge in [-0.25, -0.2) is 0 Å². The second-order valence-electron chi connectivity index (χ2n) is 3.73. The number of aryl methyl sites for hydroxylation is 1. The minimum absolute atomic E-state index is 0.630. The molecular weight excluding hydrogens is 288 g/mol. The van der Waals surface area contributed by atoms with Gasteiger partial charge in [0.2, 0.25) is 0 Å². The molecule has 4 heteroatoms. The van der Waals surface area contributed by atoms with Gasteiger partial charge in [-0.05, 0) is 31.0 Å². The van der Waals surface area contributed by atoms with Crippen molar-refractivity contribution in [2.24, 2.45) is 0 Å². The first kappa shape index (κ1) is 11.7. The van der Waals surface area contributed by atoms with E-state index in [2.05, 4.69) is 27.8 Å². The van der Waals surface area contributed by atoms with E-state index in [1.807, 2.05) is 19.1 Å². The highest BCUT2D eigenvalue weighted by molar-refractivity contribution is 9.10. The van der Waals surface area contributed by atoms with E-state index in [1.54, 1.807) is 0 Å². The summed E-state index contributed by atoms with van der Waals surface area (Å²) in [5.74, 6) is 0. The Balaban J connectivity index is 2.92. The highest BCUT2D eigenvalue weighted by atomic mass is 79.9. The van der Waals surface area contributed by atoms with Crippen LogP contribution in [0.15, 0.2) is 16.6 Å². The summed E-state index contributed by atoms with van der Waals surface area (Å²) in [6, 6.07) is 3.79. The molecule has 0 saturated carbocycles. The van der Waals surface area contributed by atoms with Gasteiger partial charge in [-0.2, -0.15) is 0 Å². The highest BCUT2D eigenvalue weighted by Gasteiger charge is 2.11. The molecule has 0 aliphatic carbocycles. The molecule has 84 valence electrons. The number of benzene rings is 1. The molecule has 0 unspecified atom stereocenters. The number of aromatic nitrogens is 1. The summed E-state index contributed by atoms with van der Waals surface area (Å²) in [7, 11) is 0. The minimum Gasteiger partial charge on any atom is -0.398 e. The Kier molecular flexibility index (Phi) is 3.08. The Morgan fingerprint density at radius 2 is 2.12 bits per heavy atom. The first-order valence-electron chi connectivity index (χ1n) is 5.08. The fraction of sp³-hybridized carbons (Fsp3) is 0.250. The lowest BCUT2D eigenvalue weighted by atomic mass is 10.1. The molecule has 0 fully saturated rings. The molecule has 0 spiro atoms. The first-order chi connectivity index (χ1) is 7.54. The van der Waals surface area contributed by atoms with E-state index in [1.165, 1.54) is 0 Å². The maximum Gasteiger partial charge on any atom is 0.0913 e. The second kappa shape index (κ2) is 4.22. The van der Waals surface area contributed by atoms with Crippen LogP contribution in [0.25, 0.3) is 10.9 Å². The molecule has 0 aliphatic rings. The van der Waals surface area contributed by atoms with Crippen LogP contribution in [0.4, 0.5) is 5.69 Å². The quantitative estimate of drug-likeness (QED) is 0.861. The molecule has 2 rings (SSSR count). The zero-order valence-electron chi connectivity index (χ0n) is 9.14. The van der Waals surface area contributed by atoms with E-state index >= 15 is 0 Å². The van der Waals surface area contributed by atoms with Gasteiger partial charge in [-0.15, -0.1) is 0 Å². The SMILES string of the molecule is CCc1nc2c(Cl)cc(Br)cc2c(N)c1C. The number of hydrogen-bond donors (Lipinski definition) is 1. The fourth-order valence-corrected chi connectivity index (χ4v) is 2.66. The molecule has 2 nitrogen and oxygen atoms in total. The van der Waals surface area contributed by atoms with Crippen molar-refractivity contribution >= 4 is 44.1 Å². The summed E-state index contributed by atoms with van der Waals surface area (Å²) in [4.78, 5) is 4.56. The van der Waals surface area contributed by atoms with Crippen LogP contribution in [0, 0.1) is 6.92 Å². The van der Waals surface area contributed by atoms with Crippen molar-refractivity contribution in [3.63, 3.8) is 0 Å². The smallest absolute Gasteiger partial charge is 0.0913 e. The normalized spacial score (nSPS) is 11.0.